The molecule has 1 heterocycles. The van der Waals surface area contributed by atoms with Crippen molar-refractivity contribution in [3.05, 3.63) is 41.9 Å². The first-order chi connectivity index (χ1) is 9.24. The van der Waals surface area contributed by atoms with Gasteiger partial charge < -0.3 is 10.5 Å². The molecule has 1 aromatic carbocycles. The van der Waals surface area contributed by atoms with Crippen molar-refractivity contribution in [2.45, 2.75) is 19.8 Å². The first-order valence-corrected chi connectivity index (χ1v) is 6.41. The van der Waals surface area contributed by atoms with Crippen LogP contribution in [0.1, 0.15) is 17.8 Å². The average Bonchev–Trinajstić information content (AvgIpc) is 2.45. The highest BCUT2D eigenvalue weighted by Crippen LogP contribution is 2.24. The van der Waals surface area contributed by atoms with Gasteiger partial charge in [0.2, 0.25) is 0 Å². The lowest BCUT2D eigenvalue weighted by Gasteiger charge is -2.08. The Bertz CT molecular complexity index is 555. The smallest absolute Gasteiger partial charge is 0.128 e. The van der Waals surface area contributed by atoms with Gasteiger partial charge in [-0.1, -0.05) is 0 Å². The normalized spacial score (nSPS) is 10.5. The molecule has 0 fully saturated rings. The van der Waals surface area contributed by atoms with E-state index in [4.69, 9.17) is 10.5 Å². The average molecular weight is 257 g/mol. The molecule has 4 nitrogen and oxygen atoms in total. The van der Waals surface area contributed by atoms with Crippen LogP contribution in [0.3, 0.4) is 0 Å². The van der Waals surface area contributed by atoms with E-state index in [2.05, 4.69) is 16.0 Å². The summed E-state index contributed by atoms with van der Waals surface area (Å²) in [4.78, 5) is 8.84. The Morgan fingerprint density at radius 2 is 2.11 bits per heavy atom. The van der Waals surface area contributed by atoms with Crippen LogP contribution in [0.4, 0.5) is 0 Å². The van der Waals surface area contributed by atoms with Gasteiger partial charge in [0.05, 0.1) is 12.8 Å². The summed E-state index contributed by atoms with van der Waals surface area (Å²) in [5.74, 6) is 1.73. The minimum absolute atomic E-state index is 0.662. The van der Waals surface area contributed by atoms with Gasteiger partial charge in [-0.25, -0.2) is 9.97 Å². The van der Waals surface area contributed by atoms with E-state index in [9.17, 15) is 0 Å². The van der Waals surface area contributed by atoms with Gasteiger partial charge in [0.15, 0.2) is 0 Å². The molecule has 100 valence electrons. The number of rotatable bonds is 5. The van der Waals surface area contributed by atoms with Crippen LogP contribution in [0.5, 0.6) is 5.75 Å². The van der Waals surface area contributed by atoms with Crippen LogP contribution in [0, 0.1) is 6.92 Å². The minimum atomic E-state index is 0.662. The molecular formula is C15H19N3O. The van der Waals surface area contributed by atoms with E-state index < -0.39 is 0 Å². The molecule has 2 aromatic rings. The van der Waals surface area contributed by atoms with Crippen LogP contribution in [0.15, 0.2) is 30.5 Å². The third kappa shape index (κ3) is 3.29. The molecule has 0 bridgehead atoms. The maximum atomic E-state index is 5.51. The lowest BCUT2D eigenvalue weighted by molar-refractivity contribution is 0.412. The van der Waals surface area contributed by atoms with Crippen molar-refractivity contribution in [2.24, 2.45) is 5.73 Å². The molecule has 2 N–H and O–H groups in total. The summed E-state index contributed by atoms with van der Waals surface area (Å²) in [5.41, 5.74) is 8.62. The molecule has 0 amide bonds. The highest BCUT2D eigenvalue weighted by molar-refractivity contribution is 5.61. The fourth-order valence-electron chi connectivity index (χ4n) is 1.98. The van der Waals surface area contributed by atoms with Crippen LogP contribution < -0.4 is 10.5 Å². The summed E-state index contributed by atoms with van der Waals surface area (Å²) in [6.07, 6.45) is 3.53. The lowest BCUT2D eigenvalue weighted by Crippen LogP contribution is -2.03. The first kappa shape index (κ1) is 13.5. The number of ether oxygens (including phenoxy) is 1. The Morgan fingerprint density at radius 3 is 2.79 bits per heavy atom. The number of aryl methyl sites for hydroxylation is 2. The molecule has 19 heavy (non-hydrogen) atoms. The maximum Gasteiger partial charge on any atom is 0.128 e. The van der Waals surface area contributed by atoms with E-state index in [1.807, 2.05) is 25.1 Å². The Morgan fingerprint density at radius 1 is 1.26 bits per heavy atom. The van der Waals surface area contributed by atoms with Gasteiger partial charge in [0.25, 0.3) is 0 Å². The van der Waals surface area contributed by atoms with Crippen molar-refractivity contribution in [3.63, 3.8) is 0 Å². The Hall–Kier alpha value is -1.94. The lowest BCUT2D eigenvalue weighted by atomic mass is 10.1. The molecule has 0 saturated carbocycles. The van der Waals surface area contributed by atoms with Crippen LogP contribution in [0.2, 0.25) is 0 Å². The van der Waals surface area contributed by atoms with Crippen molar-refractivity contribution in [1.29, 1.82) is 0 Å². The minimum Gasteiger partial charge on any atom is -0.496 e. The zero-order valence-electron chi connectivity index (χ0n) is 11.4. The quantitative estimate of drug-likeness (QED) is 0.893. The molecule has 0 saturated heterocycles. The highest BCUT2D eigenvalue weighted by atomic mass is 16.5. The van der Waals surface area contributed by atoms with Crippen molar-refractivity contribution in [3.8, 4) is 17.0 Å². The topological polar surface area (TPSA) is 61.0 Å². The van der Waals surface area contributed by atoms with Gasteiger partial charge in [-0.3, -0.25) is 0 Å². The van der Waals surface area contributed by atoms with Crippen molar-refractivity contribution in [2.75, 3.05) is 13.7 Å². The van der Waals surface area contributed by atoms with E-state index in [1.54, 1.807) is 13.3 Å². The van der Waals surface area contributed by atoms with E-state index in [0.29, 0.717) is 6.54 Å². The molecule has 0 atom stereocenters. The summed E-state index contributed by atoms with van der Waals surface area (Å²) in [7, 11) is 1.68. The number of hydrogen-bond donors (Lipinski definition) is 1. The van der Waals surface area contributed by atoms with Gasteiger partial charge in [0.1, 0.15) is 11.6 Å². The van der Waals surface area contributed by atoms with Gasteiger partial charge in [-0.05, 0) is 49.7 Å². The zero-order valence-corrected chi connectivity index (χ0v) is 11.4. The summed E-state index contributed by atoms with van der Waals surface area (Å²) >= 11 is 0. The second-order valence-corrected chi connectivity index (χ2v) is 4.43. The van der Waals surface area contributed by atoms with Crippen LogP contribution in [-0.2, 0) is 6.42 Å². The summed E-state index contributed by atoms with van der Waals surface area (Å²) in [6, 6.07) is 7.98. The molecule has 0 spiro atoms. The molecule has 0 unspecified atom stereocenters. The molecule has 0 aliphatic carbocycles. The summed E-state index contributed by atoms with van der Waals surface area (Å²) in [5, 5.41) is 0. The fraction of sp³-hybridized carbons (Fsp3) is 0.333. The molecule has 0 radical (unpaired) electrons. The van der Waals surface area contributed by atoms with Gasteiger partial charge in [-0.2, -0.15) is 0 Å². The second kappa shape index (κ2) is 6.29. The van der Waals surface area contributed by atoms with Gasteiger partial charge in [0, 0.05) is 18.2 Å². The maximum absolute atomic E-state index is 5.51. The van der Waals surface area contributed by atoms with E-state index in [-0.39, 0.29) is 0 Å². The summed E-state index contributed by atoms with van der Waals surface area (Å²) in [6.45, 7) is 2.69. The monoisotopic (exact) mass is 257 g/mol. The number of nitrogens with two attached hydrogens (primary N) is 1. The highest BCUT2D eigenvalue weighted by Gasteiger charge is 2.05. The third-order valence-corrected chi connectivity index (χ3v) is 3.00. The summed E-state index contributed by atoms with van der Waals surface area (Å²) < 4.78 is 5.27. The van der Waals surface area contributed by atoms with Crippen LogP contribution in [0.25, 0.3) is 11.3 Å². The van der Waals surface area contributed by atoms with Crippen LogP contribution in [-0.4, -0.2) is 23.6 Å². The van der Waals surface area contributed by atoms with Crippen molar-refractivity contribution < 1.29 is 4.74 Å². The predicted octanol–water partition coefficient (Wildman–Crippen LogP) is 2.35. The molecule has 1 aromatic heterocycles. The second-order valence-electron chi connectivity index (χ2n) is 4.43. The van der Waals surface area contributed by atoms with Gasteiger partial charge >= 0.3 is 0 Å². The third-order valence-electron chi connectivity index (χ3n) is 3.00. The van der Waals surface area contributed by atoms with E-state index >= 15 is 0 Å². The predicted molar refractivity (Wildman–Crippen MR) is 76.1 cm³/mol. The zero-order chi connectivity index (χ0) is 13.7. The van der Waals surface area contributed by atoms with Gasteiger partial charge in [-0.15, -0.1) is 0 Å². The molecular weight excluding hydrogens is 238 g/mol. The molecule has 0 aliphatic rings. The SMILES string of the molecule is COc1ccc(-c2ccnc(CCCN)n2)cc1C. The van der Waals surface area contributed by atoms with Crippen molar-refractivity contribution >= 4 is 0 Å². The standard InChI is InChI=1S/C15H19N3O/c1-11-10-12(5-6-14(11)19-2)13-7-9-17-15(18-13)4-3-8-16/h5-7,9-10H,3-4,8,16H2,1-2H3. The molecule has 4 heteroatoms. The number of hydrogen-bond acceptors (Lipinski definition) is 4. The van der Waals surface area contributed by atoms with E-state index in [0.717, 1.165) is 41.2 Å². The number of benzene rings is 1. The largest absolute Gasteiger partial charge is 0.496 e. The fourth-order valence-corrected chi connectivity index (χ4v) is 1.98. The number of methoxy groups -OCH3 is 1. The first-order valence-electron chi connectivity index (χ1n) is 6.41. The molecule has 2 rings (SSSR count). The Labute approximate surface area is 113 Å². The Kier molecular flexibility index (Phi) is 4.47. The Balaban J connectivity index is 2.28. The van der Waals surface area contributed by atoms with E-state index in [1.165, 1.54) is 0 Å². The number of nitrogens with zero attached hydrogens (tertiary/aromatic N) is 2. The molecule has 0 aliphatic heterocycles. The number of aromatic nitrogens is 2. The van der Waals surface area contributed by atoms with Crippen molar-refractivity contribution in [1.82, 2.24) is 9.97 Å². The van der Waals surface area contributed by atoms with Crippen LogP contribution >= 0.6 is 0 Å².